The number of hydrogen-bond donors (Lipinski definition) is 1. The van der Waals surface area contributed by atoms with Gasteiger partial charge in [0.05, 0.1) is 0 Å². The van der Waals surface area contributed by atoms with Crippen LogP contribution in [0.4, 0.5) is 0 Å². The molecule has 0 amide bonds. The summed E-state index contributed by atoms with van der Waals surface area (Å²) in [6.45, 7) is 3.39. The van der Waals surface area contributed by atoms with Gasteiger partial charge in [-0.05, 0) is 36.4 Å². The number of ether oxygens (including phenoxy) is 2. The number of carboxylic acids is 1. The number of carboxylic acid groups (broad SMARTS) is 1. The van der Waals surface area contributed by atoms with Gasteiger partial charge in [0.2, 0.25) is 0 Å². The van der Waals surface area contributed by atoms with Crippen molar-refractivity contribution < 1.29 is 19.4 Å². The molecule has 0 aromatic rings. The predicted octanol–water partition coefficient (Wildman–Crippen LogP) is 0.984. The molecule has 1 aliphatic rings. The monoisotopic (exact) mass is 272 g/mol. The van der Waals surface area contributed by atoms with E-state index in [1.54, 1.807) is 13.8 Å². The first-order chi connectivity index (χ1) is 4.92. The molecular formula is C6H9IO4. The minimum Gasteiger partial charge on any atom is -0.479 e. The van der Waals surface area contributed by atoms with Crippen LogP contribution in [0.5, 0.6) is 0 Å². The highest BCUT2D eigenvalue weighted by molar-refractivity contribution is 14.1. The molecule has 11 heavy (non-hydrogen) atoms. The van der Waals surface area contributed by atoms with Crippen LogP contribution in [0, 0.1) is 0 Å². The highest BCUT2D eigenvalue weighted by Crippen LogP contribution is 2.31. The number of carbonyl (C=O) groups is 1. The molecule has 0 bridgehead atoms. The Bertz CT molecular complexity index is 179. The zero-order chi connectivity index (χ0) is 8.65. The fourth-order valence-electron chi connectivity index (χ4n) is 0.882. The van der Waals surface area contributed by atoms with Gasteiger partial charge in [0.1, 0.15) is 4.11 Å². The van der Waals surface area contributed by atoms with Crippen molar-refractivity contribution in [2.24, 2.45) is 0 Å². The Morgan fingerprint density at radius 2 is 2.09 bits per heavy atom. The van der Waals surface area contributed by atoms with Crippen molar-refractivity contribution >= 4 is 28.6 Å². The Balaban J connectivity index is 2.66. The summed E-state index contributed by atoms with van der Waals surface area (Å²) in [6.07, 6.45) is -0.842. The van der Waals surface area contributed by atoms with Crippen molar-refractivity contribution in [3.8, 4) is 0 Å². The normalized spacial score (nSPS) is 35.5. The molecule has 1 aliphatic heterocycles. The van der Waals surface area contributed by atoms with E-state index in [1.807, 2.05) is 22.6 Å². The summed E-state index contributed by atoms with van der Waals surface area (Å²) in [5.41, 5.74) is 0. The SMILES string of the molecule is CC1(C)OC(I)C(C(=O)O)O1. The Kier molecular flexibility index (Phi) is 2.40. The summed E-state index contributed by atoms with van der Waals surface area (Å²) in [5, 5.41) is 8.61. The lowest BCUT2D eigenvalue weighted by molar-refractivity contribution is -0.165. The van der Waals surface area contributed by atoms with Gasteiger partial charge in [0, 0.05) is 0 Å². The number of halogens is 1. The third-order valence-corrected chi connectivity index (χ3v) is 2.20. The summed E-state index contributed by atoms with van der Waals surface area (Å²) in [6, 6.07) is 0. The lowest BCUT2D eigenvalue weighted by Crippen LogP contribution is -2.28. The molecule has 4 nitrogen and oxygen atoms in total. The second-order valence-electron chi connectivity index (χ2n) is 2.75. The van der Waals surface area contributed by atoms with E-state index in [4.69, 9.17) is 14.6 Å². The van der Waals surface area contributed by atoms with E-state index in [-0.39, 0.29) is 0 Å². The molecular weight excluding hydrogens is 263 g/mol. The standard InChI is InChI=1S/C6H9IO4/c1-6(2)10-3(5(8)9)4(7)11-6/h3-4H,1-2H3,(H,8,9). The first-order valence-electron chi connectivity index (χ1n) is 3.15. The third kappa shape index (κ3) is 2.03. The second kappa shape index (κ2) is 2.87. The Hall–Kier alpha value is 0.120. The van der Waals surface area contributed by atoms with Gasteiger partial charge in [-0.3, -0.25) is 0 Å². The topological polar surface area (TPSA) is 55.8 Å². The van der Waals surface area contributed by atoms with Crippen molar-refractivity contribution in [2.75, 3.05) is 0 Å². The van der Waals surface area contributed by atoms with E-state index < -0.39 is 22.0 Å². The molecule has 1 N–H and O–H groups in total. The van der Waals surface area contributed by atoms with Crippen LogP contribution < -0.4 is 0 Å². The van der Waals surface area contributed by atoms with Gasteiger partial charge in [-0.2, -0.15) is 0 Å². The molecule has 1 saturated heterocycles. The minimum atomic E-state index is -0.977. The van der Waals surface area contributed by atoms with Crippen LogP contribution in [0.3, 0.4) is 0 Å². The smallest absolute Gasteiger partial charge is 0.336 e. The van der Waals surface area contributed by atoms with E-state index in [1.165, 1.54) is 0 Å². The zero-order valence-electron chi connectivity index (χ0n) is 6.20. The van der Waals surface area contributed by atoms with Gasteiger partial charge >= 0.3 is 5.97 Å². The van der Waals surface area contributed by atoms with Gasteiger partial charge in [0.25, 0.3) is 0 Å². The van der Waals surface area contributed by atoms with Crippen molar-refractivity contribution in [3.63, 3.8) is 0 Å². The molecule has 0 spiro atoms. The fraction of sp³-hybridized carbons (Fsp3) is 0.833. The van der Waals surface area contributed by atoms with Crippen LogP contribution in [-0.4, -0.2) is 27.1 Å². The van der Waals surface area contributed by atoms with Crippen molar-refractivity contribution in [3.05, 3.63) is 0 Å². The molecule has 64 valence electrons. The number of rotatable bonds is 1. The van der Waals surface area contributed by atoms with Crippen molar-refractivity contribution in [1.82, 2.24) is 0 Å². The molecule has 0 saturated carbocycles. The molecule has 1 rings (SSSR count). The first kappa shape index (κ1) is 9.21. The molecule has 2 atom stereocenters. The zero-order valence-corrected chi connectivity index (χ0v) is 8.36. The highest BCUT2D eigenvalue weighted by atomic mass is 127. The van der Waals surface area contributed by atoms with Crippen LogP contribution in [0.25, 0.3) is 0 Å². The van der Waals surface area contributed by atoms with Crippen LogP contribution in [-0.2, 0) is 14.3 Å². The molecule has 1 fully saturated rings. The van der Waals surface area contributed by atoms with E-state index in [0.717, 1.165) is 0 Å². The number of hydrogen-bond acceptors (Lipinski definition) is 3. The van der Waals surface area contributed by atoms with E-state index in [2.05, 4.69) is 0 Å². The average Bonchev–Trinajstić information content (AvgIpc) is 2.05. The molecule has 0 aromatic heterocycles. The predicted molar refractivity (Wildman–Crippen MR) is 45.5 cm³/mol. The second-order valence-corrected chi connectivity index (χ2v) is 3.97. The van der Waals surface area contributed by atoms with E-state index in [9.17, 15) is 4.79 Å². The third-order valence-electron chi connectivity index (χ3n) is 1.29. The highest BCUT2D eigenvalue weighted by Gasteiger charge is 2.43. The molecule has 0 aliphatic carbocycles. The minimum absolute atomic E-state index is 0.403. The molecule has 0 radical (unpaired) electrons. The van der Waals surface area contributed by atoms with Crippen LogP contribution in [0.2, 0.25) is 0 Å². The van der Waals surface area contributed by atoms with Crippen LogP contribution in [0.1, 0.15) is 13.8 Å². The van der Waals surface area contributed by atoms with Crippen LogP contribution in [0.15, 0.2) is 0 Å². The maximum atomic E-state index is 10.5. The lowest BCUT2D eigenvalue weighted by Gasteiger charge is -2.15. The summed E-state index contributed by atoms with van der Waals surface area (Å²) in [7, 11) is 0. The Morgan fingerprint density at radius 3 is 2.27 bits per heavy atom. The maximum Gasteiger partial charge on any atom is 0.336 e. The van der Waals surface area contributed by atoms with Gasteiger partial charge < -0.3 is 14.6 Å². The Morgan fingerprint density at radius 1 is 1.55 bits per heavy atom. The summed E-state index contributed by atoms with van der Waals surface area (Å²) in [4.78, 5) is 10.5. The van der Waals surface area contributed by atoms with Crippen molar-refractivity contribution in [2.45, 2.75) is 29.8 Å². The van der Waals surface area contributed by atoms with Gasteiger partial charge in [-0.1, -0.05) is 0 Å². The summed E-state index contributed by atoms with van der Waals surface area (Å²) in [5.74, 6) is -1.75. The van der Waals surface area contributed by atoms with Crippen LogP contribution >= 0.6 is 22.6 Å². The van der Waals surface area contributed by atoms with E-state index >= 15 is 0 Å². The number of alkyl halides is 1. The number of aliphatic carboxylic acids is 1. The van der Waals surface area contributed by atoms with Gasteiger partial charge in [0.15, 0.2) is 11.9 Å². The molecule has 1 heterocycles. The molecule has 0 aromatic carbocycles. The molecule has 2 unspecified atom stereocenters. The molecule has 5 heteroatoms. The summed E-state index contributed by atoms with van der Waals surface area (Å²) < 4.78 is 9.90. The maximum absolute atomic E-state index is 10.5. The van der Waals surface area contributed by atoms with Gasteiger partial charge in [-0.25, -0.2) is 4.79 Å². The Labute approximate surface area is 78.0 Å². The average molecular weight is 272 g/mol. The van der Waals surface area contributed by atoms with Gasteiger partial charge in [-0.15, -0.1) is 0 Å². The summed E-state index contributed by atoms with van der Waals surface area (Å²) >= 11 is 1.91. The fourth-order valence-corrected chi connectivity index (χ4v) is 1.95. The largest absolute Gasteiger partial charge is 0.479 e. The van der Waals surface area contributed by atoms with E-state index in [0.29, 0.717) is 0 Å². The quantitative estimate of drug-likeness (QED) is 0.571. The first-order valence-corrected chi connectivity index (χ1v) is 4.39. The van der Waals surface area contributed by atoms with Crippen molar-refractivity contribution in [1.29, 1.82) is 0 Å². The lowest BCUT2D eigenvalue weighted by atomic mass is 10.4.